The van der Waals surface area contributed by atoms with Crippen LogP contribution in [-0.2, 0) is 6.54 Å². The number of rotatable bonds is 4. The van der Waals surface area contributed by atoms with Crippen LogP contribution in [0.25, 0.3) is 0 Å². The molecule has 2 rings (SSSR count). The number of nitrogens with one attached hydrogen (secondary N) is 1. The van der Waals surface area contributed by atoms with Gasteiger partial charge in [0.2, 0.25) is 0 Å². The molecule has 0 aromatic carbocycles. The second-order valence-corrected chi connectivity index (χ2v) is 4.55. The molecule has 19 heavy (non-hydrogen) atoms. The largest absolute Gasteiger partial charge is 0.478 e. The number of hydrogen-bond donors (Lipinski definition) is 2. The van der Waals surface area contributed by atoms with Crippen LogP contribution in [-0.4, -0.2) is 35.8 Å². The molecule has 0 aliphatic heterocycles. The summed E-state index contributed by atoms with van der Waals surface area (Å²) in [7, 11) is 0. The average Bonchev–Trinajstić information content (AvgIpc) is 2.69. The van der Waals surface area contributed by atoms with E-state index >= 15 is 0 Å². The fourth-order valence-electron chi connectivity index (χ4n) is 1.45. The first-order chi connectivity index (χ1) is 9.02. The van der Waals surface area contributed by atoms with E-state index in [2.05, 4.69) is 20.2 Å². The van der Waals surface area contributed by atoms with Crippen molar-refractivity contribution < 1.29 is 9.90 Å². The van der Waals surface area contributed by atoms with Crippen LogP contribution >= 0.6 is 11.8 Å². The lowest BCUT2D eigenvalue weighted by Crippen LogP contribution is -2.16. The molecule has 0 saturated heterocycles. The number of carboxylic acid groups (broad SMARTS) is 1. The van der Waals surface area contributed by atoms with Crippen LogP contribution in [0.4, 0.5) is 0 Å². The average molecular weight is 281 g/mol. The highest BCUT2D eigenvalue weighted by molar-refractivity contribution is 7.99. The number of H-pyrrole nitrogens is 1. The van der Waals surface area contributed by atoms with Crippen molar-refractivity contribution >= 4 is 17.7 Å². The molecule has 2 N–H and O–H groups in total. The molecule has 0 radical (unpaired) electrons. The Bertz CT molecular complexity index is 678. The second kappa shape index (κ2) is 5.22. The van der Waals surface area contributed by atoms with Gasteiger partial charge in [-0.1, -0.05) is 0 Å². The number of hydrogen-bond acceptors (Lipinski definition) is 6. The Morgan fingerprint density at radius 1 is 1.58 bits per heavy atom. The van der Waals surface area contributed by atoms with Gasteiger partial charge in [-0.05, 0) is 25.6 Å². The molecule has 0 spiro atoms. The summed E-state index contributed by atoms with van der Waals surface area (Å²) in [6, 6.07) is 0. The second-order valence-electron chi connectivity index (χ2n) is 3.61. The van der Waals surface area contributed by atoms with Crippen LogP contribution in [0.15, 0.2) is 21.3 Å². The maximum absolute atomic E-state index is 11.4. The minimum Gasteiger partial charge on any atom is -0.478 e. The number of aromatic nitrogens is 5. The molecule has 2 aromatic rings. The molecule has 2 heterocycles. The quantitative estimate of drug-likeness (QED) is 0.786. The maximum Gasteiger partial charge on any atom is 0.343 e. The van der Waals surface area contributed by atoms with Crippen molar-refractivity contribution in [2.75, 3.05) is 0 Å². The molecular formula is C10H11N5O3S. The monoisotopic (exact) mass is 281 g/mol. The van der Waals surface area contributed by atoms with Gasteiger partial charge in [0, 0.05) is 12.7 Å². The third-order valence-corrected chi connectivity index (χ3v) is 3.28. The van der Waals surface area contributed by atoms with Crippen molar-refractivity contribution in [3.05, 3.63) is 27.9 Å². The minimum absolute atomic E-state index is 0.0549. The summed E-state index contributed by atoms with van der Waals surface area (Å²) in [6.45, 7) is 3.89. The van der Waals surface area contributed by atoms with E-state index < -0.39 is 5.97 Å². The number of aromatic amines is 1. The number of aryl methyl sites for hydroxylation is 1. The molecule has 0 amide bonds. The van der Waals surface area contributed by atoms with E-state index in [1.807, 2.05) is 6.92 Å². The molecule has 0 aliphatic rings. The first kappa shape index (κ1) is 13.3. The van der Waals surface area contributed by atoms with E-state index in [0.29, 0.717) is 22.6 Å². The molecular weight excluding hydrogens is 270 g/mol. The van der Waals surface area contributed by atoms with Crippen LogP contribution in [0.2, 0.25) is 0 Å². The van der Waals surface area contributed by atoms with Gasteiger partial charge in [0.05, 0.1) is 11.3 Å². The predicted octanol–water partition coefficient (Wildman–Crippen LogP) is 0.539. The van der Waals surface area contributed by atoms with Crippen molar-refractivity contribution in [3.63, 3.8) is 0 Å². The molecule has 0 aliphatic carbocycles. The molecule has 0 bridgehead atoms. The topological polar surface area (TPSA) is 114 Å². The van der Waals surface area contributed by atoms with Crippen molar-refractivity contribution in [1.82, 2.24) is 24.7 Å². The van der Waals surface area contributed by atoms with Crippen molar-refractivity contribution in [2.24, 2.45) is 0 Å². The van der Waals surface area contributed by atoms with E-state index in [0.717, 1.165) is 11.8 Å². The van der Waals surface area contributed by atoms with Gasteiger partial charge >= 0.3 is 11.7 Å². The van der Waals surface area contributed by atoms with Gasteiger partial charge in [-0.3, -0.25) is 4.57 Å². The maximum atomic E-state index is 11.4. The van der Waals surface area contributed by atoms with E-state index in [9.17, 15) is 9.59 Å². The lowest BCUT2D eigenvalue weighted by atomic mass is 10.2. The van der Waals surface area contributed by atoms with Gasteiger partial charge in [-0.15, -0.1) is 5.10 Å². The molecule has 9 heteroatoms. The Morgan fingerprint density at radius 3 is 2.89 bits per heavy atom. The number of aromatic carboxylic acids is 1. The zero-order valence-corrected chi connectivity index (χ0v) is 11.1. The number of carboxylic acids is 1. The number of carbonyl (C=O) groups is 1. The number of nitrogens with zero attached hydrogens (tertiary/aromatic N) is 4. The Balaban J connectivity index is 2.31. The first-order valence-electron chi connectivity index (χ1n) is 5.43. The van der Waals surface area contributed by atoms with E-state index in [-0.39, 0.29) is 11.3 Å². The normalized spacial score (nSPS) is 10.6. The summed E-state index contributed by atoms with van der Waals surface area (Å²) in [4.78, 5) is 30.2. The highest BCUT2D eigenvalue weighted by atomic mass is 32.2. The SMILES string of the molecule is CCn1c(Sc2ncc(C(=O)O)c(C)n2)n[nH]c1=O. The Kier molecular flexibility index (Phi) is 3.65. The van der Waals surface area contributed by atoms with Gasteiger partial charge in [0.1, 0.15) is 0 Å². The van der Waals surface area contributed by atoms with E-state index in [1.54, 1.807) is 6.92 Å². The smallest absolute Gasteiger partial charge is 0.343 e. The Labute approximate surface area is 111 Å². The molecule has 2 aromatic heterocycles. The van der Waals surface area contributed by atoms with Gasteiger partial charge in [-0.2, -0.15) is 0 Å². The van der Waals surface area contributed by atoms with Gasteiger partial charge < -0.3 is 5.11 Å². The molecule has 0 saturated carbocycles. The summed E-state index contributed by atoms with van der Waals surface area (Å²) < 4.78 is 1.44. The van der Waals surface area contributed by atoms with Gasteiger partial charge in [0.15, 0.2) is 10.3 Å². The molecule has 0 fully saturated rings. The fraction of sp³-hybridized carbons (Fsp3) is 0.300. The van der Waals surface area contributed by atoms with Crippen molar-refractivity contribution in [2.45, 2.75) is 30.7 Å². The first-order valence-corrected chi connectivity index (χ1v) is 6.24. The van der Waals surface area contributed by atoms with Crippen molar-refractivity contribution in [3.8, 4) is 0 Å². The summed E-state index contributed by atoms with van der Waals surface area (Å²) in [5.74, 6) is -1.07. The molecule has 100 valence electrons. The molecule has 8 nitrogen and oxygen atoms in total. The summed E-state index contributed by atoms with van der Waals surface area (Å²) >= 11 is 1.10. The third-order valence-electron chi connectivity index (χ3n) is 2.41. The molecule has 0 atom stereocenters. The van der Waals surface area contributed by atoms with E-state index in [4.69, 9.17) is 5.11 Å². The highest BCUT2D eigenvalue weighted by Crippen LogP contribution is 2.21. The van der Waals surface area contributed by atoms with Crippen LogP contribution in [0, 0.1) is 6.92 Å². The van der Waals surface area contributed by atoms with E-state index in [1.165, 1.54) is 10.8 Å². The summed E-state index contributed by atoms with van der Waals surface area (Å²) in [5.41, 5.74) is 0.120. The standard InChI is InChI=1S/C10H11N5O3S/c1-3-15-9(18)13-14-10(15)19-8-11-4-6(7(16)17)5(2)12-8/h4H,3H2,1-2H3,(H,13,18)(H,16,17). The van der Waals surface area contributed by atoms with Crippen LogP contribution in [0.1, 0.15) is 23.0 Å². The van der Waals surface area contributed by atoms with Crippen LogP contribution in [0.3, 0.4) is 0 Å². The lowest BCUT2D eigenvalue weighted by Gasteiger charge is -2.03. The minimum atomic E-state index is -1.07. The Morgan fingerprint density at radius 2 is 2.32 bits per heavy atom. The van der Waals surface area contributed by atoms with Gasteiger partial charge in [0.25, 0.3) is 0 Å². The lowest BCUT2D eigenvalue weighted by molar-refractivity contribution is 0.0695. The predicted molar refractivity (Wildman–Crippen MR) is 66.4 cm³/mol. The zero-order valence-electron chi connectivity index (χ0n) is 10.2. The summed E-state index contributed by atoms with van der Waals surface area (Å²) in [6.07, 6.45) is 1.24. The fourth-order valence-corrected chi connectivity index (χ4v) is 2.31. The van der Waals surface area contributed by atoms with Gasteiger partial charge in [-0.25, -0.2) is 24.7 Å². The summed E-state index contributed by atoms with van der Waals surface area (Å²) in [5, 5.41) is 15.9. The van der Waals surface area contributed by atoms with Crippen LogP contribution < -0.4 is 5.69 Å². The Hall–Kier alpha value is -2.16. The van der Waals surface area contributed by atoms with Crippen LogP contribution in [0.5, 0.6) is 0 Å². The zero-order chi connectivity index (χ0) is 14.0. The third kappa shape index (κ3) is 2.65. The van der Waals surface area contributed by atoms with Crippen molar-refractivity contribution in [1.29, 1.82) is 0 Å². The molecule has 0 unspecified atom stereocenters. The highest BCUT2D eigenvalue weighted by Gasteiger charge is 2.13.